The van der Waals surface area contributed by atoms with Crippen molar-refractivity contribution in [3.05, 3.63) is 66.6 Å². The van der Waals surface area contributed by atoms with Gasteiger partial charge in [-0.15, -0.1) is 0 Å². The van der Waals surface area contributed by atoms with Gasteiger partial charge in [0, 0.05) is 17.5 Å². The molecule has 0 saturated carbocycles. The van der Waals surface area contributed by atoms with E-state index in [2.05, 4.69) is 0 Å². The van der Waals surface area contributed by atoms with Gasteiger partial charge in [-0.3, -0.25) is 4.79 Å². The zero-order valence-corrected chi connectivity index (χ0v) is 12.5. The van der Waals surface area contributed by atoms with Crippen LogP contribution in [0.4, 0.5) is 0 Å². The zero-order valence-electron chi connectivity index (χ0n) is 9.44. The lowest BCUT2D eigenvalue weighted by molar-refractivity contribution is 0.103. The second-order valence-electron chi connectivity index (χ2n) is 4.27. The van der Waals surface area contributed by atoms with Gasteiger partial charge in [0.1, 0.15) is 0 Å². The minimum Gasteiger partial charge on any atom is -0.289 e. The molecule has 0 heterocycles. The van der Waals surface area contributed by atoms with E-state index >= 15 is 0 Å². The van der Waals surface area contributed by atoms with Gasteiger partial charge in [0.2, 0.25) is 0 Å². The van der Waals surface area contributed by atoms with Crippen LogP contribution in [0.15, 0.2) is 24.3 Å². The first-order valence-corrected chi connectivity index (χ1v) is 7.01. The average Bonchev–Trinajstić information content (AvgIpc) is 2.43. The fourth-order valence-electron chi connectivity index (χ4n) is 2.30. The SMILES string of the molecule is O=C1c2ccccc2Cc2c(Cl)c(Cl)c(Cl)c(Cl)c21. The van der Waals surface area contributed by atoms with E-state index in [4.69, 9.17) is 46.4 Å². The van der Waals surface area contributed by atoms with E-state index in [1.807, 2.05) is 18.2 Å². The molecule has 1 aliphatic rings. The summed E-state index contributed by atoms with van der Waals surface area (Å²) in [5.74, 6) is -0.165. The number of halogens is 4. The highest BCUT2D eigenvalue weighted by Crippen LogP contribution is 2.45. The average molecular weight is 332 g/mol. The monoisotopic (exact) mass is 330 g/mol. The van der Waals surface area contributed by atoms with Crippen LogP contribution in [0.3, 0.4) is 0 Å². The minimum absolute atomic E-state index is 0.125. The molecular formula is C14H6Cl4O. The van der Waals surface area contributed by atoms with E-state index < -0.39 is 0 Å². The van der Waals surface area contributed by atoms with Crippen LogP contribution < -0.4 is 0 Å². The maximum absolute atomic E-state index is 12.5. The molecule has 0 aliphatic heterocycles. The van der Waals surface area contributed by atoms with E-state index in [0.29, 0.717) is 28.1 Å². The first-order chi connectivity index (χ1) is 9.02. The summed E-state index contributed by atoms with van der Waals surface area (Å²) in [6.07, 6.45) is 0.521. The molecule has 2 aromatic rings. The maximum atomic E-state index is 12.5. The molecule has 0 fully saturated rings. The van der Waals surface area contributed by atoms with Crippen molar-refractivity contribution in [2.75, 3.05) is 0 Å². The van der Waals surface area contributed by atoms with Crippen molar-refractivity contribution in [3.8, 4) is 0 Å². The molecular weight excluding hydrogens is 326 g/mol. The van der Waals surface area contributed by atoms with Gasteiger partial charge in [-0.2, -0.15) is 0 Å². The van der Waals surface area contributed by atoms with Gasteiger partial charge >= 0.3 is 0 Å². The van der Waals surface area contributed by atoms with Crippen LogP contribution >= 0.6 is 46.4 Å². The Kier molecular flexibility index (Phi) is 3.26. The molecule has 19 heavy (non-hydrogen) atoms. The quantitative estimate of drug-likeness (QED) is 0.396. The van der Waals surface area contributed by atoms with Crippen LogP contribution in [-0.4, -0.2) is 5.78 Å². The van der Waals surface area contributed by atoms with Crippen molar-refractivity contribution < 1.29 is 4.79 Å². The summed E-state index contributed by atoms with van der Waals surface area (Å²) in [6.45, 7) is 0. The van der Waals surface area contributed by atoms with Gasteiger partial charge in [-0.05, 0) is 11.1 Å². The van der Waals surface area contributed by atoms with Gasteiger partial charge in [0.25, 0.3) is 0 Å². The summed E-state index contributed by atoms with van der Waals surface area (Å²) in [5.41, 5.74) is 2.55. The number of rotatable bonds is 0. The molecule has 0 saturated heterocycles. The fraction of sp³-hybridized carbons (Fsp3) is 0.0714. The van der Waals surface area contributed by atoms with E-state index in [1.54, 1.807) is 6.07 Å². The first kappa shape index (κ1) is 13.3. The molecule has 0 unspecified atom stereocenters. The Morgan fingerprint density at radius 1 is 0.842 bits per heavy atom. The van der Waals surface area contributed by atoms with Crippen molar-refractivity contribution >= 4 is 52.2 Å². The molecule has 0 spiro atoms. The van der Waals surface area contributed by atoms with E-state index in [-0.39, 0.29) is 20.9 Å². The number of carbonyl (C=O) groups excluding carboxylic acids is 1. The molecule has 3 rings (SSSR count). The second-order valence-corrected chi connectivity index (χ2v) is 5.78. The number of benzene rings is 2. The zero-order chi connectivity index (χ0) is 13.7. The van der Waals surface area contributed by atoms with Crippen LogP contribution in [0, 0.1) is 0 Å². The lowest BCUT2D eigenvalue weighted by Crippen LogP contribution is -2.16. The van der Waals surface area contributed by atoms with Crippen molar-refractivity contribution in [2.45, 2.75) is 6.42 Å². The summed E-state index contributed by atoms with van der Waals surface area (Å²) in [4.78, 5) is 12.5. The predicted molar refractivity (Wildman–Crippen MR) is 79.2 cm³/mol. The summed E-state index contributed by atoms with van der Waals surface area (Å²) >= 11 is 24.4. The van der Waals surface area contributed by atoms with Crippen LogP contribution in [0.1, 0.15) is 27.0 Å². The third-order valence-electron chi connectivity index (χ3n) is 3.22. The Morgan fingerprint density at radius 3 is 2.21 bits per heavy atom. The summed E-state index contributed by atoms with van der Waals surface area (Å²) < 4.78 is 0. The number of carbonyl (C=O) groups is 1. The van der Waals surface area contributed by atoms with Gasteiger partial charge in [0.05, 0.1) is 20.1 Å². The third-order valence-corrected chi connectivity index (χ3v) is 5.06. The summed E-state index contributed by atoms with van der Waals surface area (Å²) in [5, 5.41) is 0.790. The highest BCUT2D eigenvalue weighted by molar-refractivity contribution is 6.53. The number of ketones is 1. The summed E-state index contributed by atoms with van der Waals surface area (Å²) in [6, 6.07) is 7.36. The molecule has 2 aromatic carbocycles. The van der Waals surface area contributed by atoms with Gasteiger partial charge in [0.15, 0.2) is 5.78 Å². The first-order valence-electron chi connectivity index (χ1n) is 5.49. The van der Waals surface area contributed by atoms with Crippen molar-refractivity contribution in [2.24, 2.45) is 0 Å². The molecule has 0 amide bonds. The number of hydrogen-bond acceptors (Lipinski definition) is 1. The molecule has 0 bridgehead atoms. The molecule has 1 nitrogen and oxygen atoms in total. The standard InChI is InChI=1S/C14H6Cl4O/c15-10-8-5-6-3-1-2-4-7(6)14(19)9(8)11(16)13(18)12(10)17/h1-4H,5H2. The number of hydrogen-bond donors (Lipinski definition) is 0. The summed E-state index contributed by atoms with van der Waals surface area (Å²) in [7, 11) is 0. The Balaban J connectivity index is 2.35. The predicted octanol–water partition coefficient (Wildman–Crippen LogP) is 5.44. The minimum atomic E-state index is -0.165. The van der Waals surface area contributed by atoms with Crippen LogP contribution in [-0.2, 0) is 6.42 Å². The Hall–Kier alpha value is -0.730. The Labute approximate surface area is 130 Å². The highest BCUT2D eigenvalue weighted by atomic mass is 35.5. The van der Waals surface area contributed by atoms with Gasteiger partial charge < -0.3 is 0 Å². The molecule has 0 atom stereocenters. The normalized spacial score (nSPS) is 13.2. The lowest BCUT2D eigenvalue weighted by Gasteiger charge is -2.22. The van der Waals surface area contributed by atoms with Gasteiger partial charge in [-0.25, -0.2) is 0 Å². The third kappa shape index (κ3) is 1.88. The van der Waals surface area contributed by atoms with Gasteiger partial charge in [-0.1, -0.05) is 70.7 Å². The van der Waals surface area contributed by atoms with Crippen molar-refractivity contribution in [3.63, 3.8) is 0 Å². The molecule has 0 aromatic heterocycles. The Morgan fingerprint density at radius 2 is 1.47 bits per heavy atom. The second kappa shape index (κ2) is 4.68. The highest BCUT2D eigenvalue weighted by Gasteiger charge is 2.30. The molecule has 0 radical (unpaired) electrons. The van der Waals surface area contributed by atoms with Crippen molar-refractivity contribution in [1.82, 2.24) is 0 Å². The smallest absolute Gasteiger partial charge is 0.195 e. The topological polar surface area (TPSA) is 17.1 Å². The van der Waals surface area contributed by atoms with Crippen LogP contribution in [0.5, 0.6) is 0 Å². The number of fused-ring (bicyclic) bond motifs is 2. The van der Waals surface area contributed by atoms with E-state index in [9.17, 15) is 4.79 Å². The Bertz CT molecular complexity index is 722. The largest absolute Gasteiger partial charge is 0.289 e. The molecule has 5 heteroatoms. The maximum Gasteiger partial charge on any atom is 0.195 e. The van der Waals surface area contributed by atoms with E-state index in [0.717, 1.165) is 5.56 Å². The molecule has 0 N–H and O–H groups in total. The molecule has 1 aliphatic carbocycles. The fourth-order valence-corrected chi connectivity index (χ4v) is 3.35. The molecule has 96 valence electrons. The van der Waals surface area contributed by atoms with Crippen LogP contribution in [0.25, 0.3) is 0 Å². The van der Waals surface area contributed by atoms with E-state index in [1.165, 1.54) is 0 Å². The van der Waals surface area contributed by atoms with Crippen molar-refractivity contribution in [1.29, 1.82) is 0 Å². The van der Waals surface area contributed by atoms with Crippen LogP contribution in [0.2, 0.25) is 20.1 Å². The lowest BCUT2D eigenvalue weighted by atomic mass is 9.85.